The molecule has 0 aliphatic rings. The minimum atomic E-state index is -4.43. The molecule has 0 fully saturated rings. The van der Waals surface area contributed by atoms with E-state index in [-0.39, 0.29) is 6.54 Å². The summed E-state index contributed by atoms with van der Waals surface area (Å²) in [4.78, 5) is 31.5. The monoisotopic (exact) mass is 630 g/mol. The lowest BCUT2D eigenvalue weighted by atomic mass is 9.86. The van der Waals surface area contributed by atoms with Crippen molar-refractivity contribution in [2.45, 2.75) is 70.3 Å². The molecule has 0 spiro atoms. The van der Waals surface area contributed by atoms with E-state index in [0.29, 0.717) is 27.9 Å². The Labute approximate surface area is 260 Å². The van der Waals surface area contributed by atoms with Crippen molar-refractivity contribution in [3.8, 4) is 23.6 Å². The molecule has 1 aromatic heterocycles. The summed E-state index contributed by atoms with van der Waals surface area (Å²) >= 11 is 1.38. The maximum atomic E-state index is 13.0. The number of hydrogen-bond acceptors (Lipinski definition) is 7. The van der Waals surface area contributed by atoms with Gasteiger partial charge in [0.05, 0.1) is 23.5 Å². The summed E-state index contributed by atoms with van der Waals surface area (Å²) in [7, 11) is 0. The lowest BCUT2D eigenvalue weighted by molar-refractivity contribution is -0.137. The number of nitrogens with two attached hydrogens (primary N) is 1. The number of ether oxygens (including phenoxy) is 2. The molecule has 0 saturated carbocycles. The number of halogens is 3. The largest absolute Gasteiger partial charge is 0.444 e. The molecule has 0 aliphatic heterocycles. The van der Waals surface area contributed by atoms with Gasteiger partial charge in [0, 0.05) is 16.7 Å². The average molecular weight is 631 g/mol. The van der Waals surface area contributed by atoms with Gasteiger partial charge in [0.1, 0.15) is 5.60 Å². The highest BCUT2D eigenvalue weighted by Crippen LogP contribution is 2.38. The fraction of sp³-hybridized carbons (Fsp3) is 0.375. The first-order valence-corrected chi connectivity index (χ1v) is 14.5. The van der Waals surface area contributed by atoms with Gasteiger partial charge in [-0.3, -0.25) is 0 Å². The second kappa shape index (κ2) is 15.5. The summed E-state index contributed by atoms with van der Waals surface area (Å²) in [5.74, 6) is 2.86. The van der Waals surface area contributed by atoms with Crippen molar-refractivity contribution in [1.29, 1.82) is 0 Å². The molecule has 3 aromatic rings. The van der Waals surface area contributed by atoms with Gasteiger partial charge in [-0.15, -0.1) is 6.42 Å². The number of benzene rings is 2. The van der Waals surface area contributed by atoms with Gasteiger partial charge in [0.25, 0.3) is 0 Å². The Kier molecular flexibility index (Phi) is 12.6. The Balaban J connectivity index is 0.000000523. The van der Waals surface area contributed by atoms with E-state index in [1.807, 2.05) is 51.1 Å². The van der Waals surface area contributed by atoms with Gasteiger partial charge in [-0.2, -0.15) is 13.2 Å². The van der Waals surface area contributed by atoms with E-state index in [0.717, 1.165) is 17.7 Å². The van der Waals surface area contributed by atoms with Gasteiger partial charge >= 0.3 is 18.4 Å². The van der Waals surface area contributed by atoms with E-state index in [4.69, 9.17) is 21.6 Å². The van der Waals surface area contributed by atoms with Crippen LogP contribution in [0.1, 0.15) is 64.5 Å². The van der Waals surface area contributed by atoms with Gasteiger partial charge in [-0.1, -0.05) is 80.9 Å². The molecular formula is C32H37F3N4O4S. The zero-order valence-electron chi connectivity index (χ0n) is 25.5. The van der Waals surface area contributed by atoms with Gasteiger partial charge in [-0.25, -0.2) is 19.6 Å². The molecule has 3 rings (SSSR count). The number of carbonyl (C=O) groups is 2. The number of aromatic nitrogens is 2. The van der Waals surface area contributed by atoms with Crippen LogP contribution in [0.4, 0.5) is 22.8 Å². The molecule has 8 nitrogen and oxygen atoms in total. The maximum Gasteiger partial charge on any atom is 0.416 e. The number of nitrogens with zero attached hydrogens (tertiary/aromatic N) is 2. The first-order chi connectivity index (χ1) is 20.4. The number of primary amides is 1. The molecule has 0 aliphatic carbocycles. The Bertz CT molecular complexity index is 1430. The summed E-state index contributed by atoms with van der Waals surface area (Å²) < 4.78 is 49.2. The van der Waals surface area contributed by atoms with E-state index in [2.05, 4.69) is 21.2 Å². The number of thioether (sulfide) groups is 1. The van der Waals surface area contributed by atoms with E-state index in [1.54, 1.807) is 26.8 Å². The number of nitrogens with one attached hydrogen (secondary N) is 1. The maximum absolute atomic E-state index is 13.0. The second-order valence-electron chi connectivity index (χ2n) is 11.6. The molecule has 3 N–H and O–H groups in total. The predicted molar refractivity (Wildman–Crippen MR) is 164 cm³/mol. The summed E-state index contributed by atoms with van der Waals surface area (Å²) in [5.41, 5.74) is 5.94. The first-order valence-electron chi connectivity index (χ1n) is 13.5. The first kappa shape index (κ1) is 36.0. The third-order valence-corrected chi connectivity index (χ3v) is 6.39. The summed E-state index contributed by atoms with van der Waals surface area (Å²) in [5, 5.41) is 2.80. The van der Waals surface area contributed by atoms with Gasteiger partial charge in [0.15, 0.2) is 11.3 Å². The molecule has 0 saturated heterocycles. The Hall–Kier alpha value is -4.24. The van der Waals surface area contributed by atoms with Crippen LogP contribution in [-0.4, -0.2) is 34.3 Å². The van der Waals surface area contributed by atoms with Crippen molar-refractivity contribution in [2.75, 3.05) is 6.54 Å². The second-order valence-corrected chi connectivity index (χ2v) is 12.5. The molecule has 2 amide bonds. The quantitative estimate of drug-likeness (QED) is 0.156. The molecule has 0 bridgehead atoms. The zero-order valence-corrected chi connectivity index (χ0v) is 26.3. The van der Waals surface area contributed by atoms with Crippen molar-refractivity contribution < 1.29 is 32.2 Å². The molecule has 44 heavy (non-hydrogen) atoms. The van der Waals surface area contributed by atoms with Crippen molar-refractivity contribution in [3.05, 3.63) is 77.5 Å². The number of rotatable bonds is 7. The third-order valence-electron chi connectivity index (χ3n) is 5.47. The van der Waals surface area contributed by atoms with Crippen LogP contribution in [0, 0.1) is 17.8 Å². The molecule has 236 valence electrons. The van der Waals surface area contributed by atoms with Crippen LogP contribution in [0.15, 0.2) is 65.8 Å². The Morgan fingerprint density at radius 3 is 2.11 bits per heavy atom. The van der Waals surface area contributed by atoms with Crippen LogP contribution in [0.3, 0.4) is 0 Å². The number of hydrogen-bond donors (Lipinski definition) is 2. The van der Waals surface area contributed by atoms with E-state index >= 15 is 0 Å². The summed E-state index contributed by atoms with van der Waals surface area (Å²) in [6, 6.07) is 16.1. The fourth-order valence-electron chi connectivity index (χ4n) is 3.58. The normalized spacial score (nSPS) is 12.2. The van der Waals surface area contributed by atoms with Gasteiger partial charge < -0.3 is 20.5 Å². The number of alkyl halides is 3. The fourth-order valence-corrected chi connectivity index (χ4v) is 4.40. The van der Waals surface area contributed by atoms with Gasteiger partial charge in [-0.05, 0) is 44.5 Å². The van der Waals surface area contributed by atoms with Gasteiger partial charge in [0.2, 0.25) is 0 Å². The smallest absolute Gasteiger partial charge is 0.416 e. The molecule has 1 unspecified atom stereocenters. The van der Waals surface area contributed by atoms with Crippen molar-refractivity contribution >= 4 is 23.9 Å². The average Bonchev–Trinajstić information content (AvgIpc) is 2.92. The highest BCUT2D eigenvalue weighted by Gasteiger charge is 2.32. The van der Waals surface area contributed by atoms with Crippen LogP contribution in [-0.2, 0) is 21.4 Å². The van der Waals surface area contributed by atoms with E-state index in [9.17, 15) is 22.8 Å². The van der Waals surface area contributed by atoms with Crippen LogP contribution in [0.25, 0.3) is 11.3 Å². The molecular weight excluding hydrogens is 593 g/mol. The molecule has 1 atom stereocenters. The van der Waals surface area contributed by atoms with Crippen molar-refractivity contribution in [1.82, 2.24) is 15.3 Å². The number of amides is 2. The number of terminal acetylenes is 1. The van der Waals surface area contributed by atoms with E-state index in [1.165, 1.54) is 23.9 Å². The van der Waals surface area contributed by atoms with Crippen LogP contribution in [0.2, 0.25) is 0 Å². The Morgan fingerprint density at radius 2 is 1.61 bits per heavy atom. The minimum Gasteiger partial charge on any atom is -0.444 e. The Morgan fingerprint density at radius 1 is 1.00 bits per heavy atom. The van der Waals surface area contributed by atoms with Crippen LogP contribution < -0.4 is 11.1 Å². The van der Waals surface area contributed by atoms with Crippen LogP contribution >= 0.6 is 11.8 Å². The number of carbonyl (C=O) groups excluding carboxylic acids is 2. The highest BCUT2D eigenvalue weighted by atomic mass is 32.2. The molecule has 0 radical (unpaired) electrons. The highest BCUT2D eigenvalue weighted by molar-refractivity contribution is 7.98. The molecule has 2 aromatic carbocycles. The standard InChI is InChI=1S/C24H24F3N3O2S.C8H13NO2/c1-23(2,3)20(32-21(28)31)19-13-18(16-9-11-17(12-10-16)24(25,26)27)29-22(30-19)33-14-15-7-5-4-6-8-15;1-5-6-9-7(10)11-8(2,3)4/h4-13,20H,14H2,1-3H3,(H2,28,31);1H,6H2,2-4H3,(H,9,10). The molecule has 1 heterocycles. The van der Waals surface area contributed by atoms with E-state index < -0.39 is 41.0 Å². The lowest BCUT2D eigenvalue weighted by Crippen LogP contribution is -2.32. The van der Waals surface area contributed by atoms with Crippen molar-refractivity contribution in [3.63, 3.8) is 0 Å². The SMILES string of the molecule is C#CCNC(=O)OC(C)(C)C.CC(C)(C)C(OC(N)=O)c1cc(-c2ccc(C(F)(F)F)cc2)nc(SCc2ccccc2)n1. The summed E-state index contributed by atoms with van der Waals surface area (Å²) in [6.07, 6.45) is -1.71. The molecule has 12 heteroatoms. The lowest BCUT2D eigenvalue weighted by Gasteiger charge is -2.29. The predicted octanol–water partition coefficient (Wildman–Crippen LogP) is 7.78. The minimum absolute atomic E-state index is 0.203. The number of alkyl carbamates (subject to hydrolysis) is 1. The van der Waals surface area contributed by atoms with Crippen LogP contribution in [0.5, 0.6) is 0 Å². The summed E-state index contributed by atoms with van der Waals surface area (Å²) in [6.45, 7) is 11.2. The van der Waals surface area contributed by atoms with Crippen molar-refractivity contribution in [2.24, 2.45) is 11.1 Å². The zero-order chi connectivity index (χ0) is 33.1. The third kappa shape index (κ3) is 12.6. The topological polar surface area (TPSA) is 116 Å².